The van der Waals surface area contributed by atoms with Crippen LogP contribution in [0.4, 0.5) is 0 Å². The first kappa shape index (κ1) is 25.1. The van der Waals surface area contributed by atoms with Crippen LogP contribution in [0, 0.1) is 17.8 Å². The van der Waals surface area contributed by atoms with Crippen LogP contribution < -0.4 is 0 Å². The van der Waals surface area contributed by atoms with E-state index in [9.17, 15) is 0 Å². The Kier molecular flexibility index (Phi) is 11.8. The lowest BCUT2D eigenvalue weighted by Crippen LogP contribution is -2.36. The zero-order chi connectivity index (χ0) is 21.7. The lowest BCUT2D eigenvalue weighted by molar-refractivity contribution is 0.132. The minimum absolute atomic E-state index is 0.712. The summed E-state index contributed by atoms with van der Waals surface area (Å²) in [5, 5.41) is 8.34. The van der Waals surface area contributed by atoms with Gasteiger partial charge in [0.1, 0.15) is 0 Å². The van der Waals surface area contributed by atoms with Gasteiger partial charge in [0.25, 0.3) is 0 Å². The van der Waals surface area contributed by atoms with E-state index in [-0.39, 0.29) is 0 Å². The van der Waals surface area contributed by atoms with Crippen molar-refractivity contribution in [2.75, 3.05) is 6.54 Å². The number of nitrogens with zero attached hydrogens (tertiary/aromatic N) is 2. The zero-order valence-electron chi connectivity index (χ0n) is 21.3. The summed E-state index contributed by atoms with van der Waals surface area (Å²) in [6.07, 6.45) is 29.8. The molecule has 2 atom stereocenters. The van der Waals surface area contributed by atoms with Crippen molar-refractivity contribution in [3.8, 4) is 0 Å². The first-order chi connectivity index (χ1) is 15.3. The molecule has 0 radical (unpaired) electrons. The van der Waals surface area contributed by atoms with Crippen LogP contribution in [0.1, 0.15) is 149 Å². The van der Waals surface area contributed by atoms with Crippen LogP contribution in [-0.2, 0) is 0 Å². The van der Waals surface area contributed by atoms with Crippen LogP contribution in [0.5, 0.6) is 0 Å². The maximum absolute atomic E-state index is 5.64. The van der Waals surface area contributed by atoms with Crippen LogP contribution in [0.2, 0.25) is 0 Å². The molecule has 0 aromatic rings. The van der Waals surface area contributed by atoms with Crippen LogP contribution in [0.3, 0.4) is 0 Å². The van der Waals surface area contributed by atoms with E-state index in [2.05, 4.69) is 18.9 Å². The maximum atomic E-state index is 5.64. The molecule has 3 rings (SSSR count). The van der Waals surface area contributed by atoms with Crippen LogP contribution in [0.25, 0.3) is 0 Å². The highest BCUT2D eigenvalue weighted by Gasteiger charge is 2.32. The Balaban J connectivity index is 1.82. The molecule has 0 bridgehead atoms. The molecule has 2 aliphatic carbocycles. The van der Waals surface area contributed by atoms with Crippen LogP contribution >= 0.6 is 0 Å². The Morgan fingerprint density at radius 2 is 1.13 bits per heavy atom. The second kappa shape index (κ2) is 14.6. The molecule has 180 valence electrons. The Labute approximate surface area is 195 Å². The van der Waals surface area contributed by atoms with Gasteiger partial charge in [0.2, 0.25) is 0 Å². The van der Waals surface area contributed by atoms with Crippen molar-refractivity contribution in [1.29, 1.82) is 0 Å². The molecule has 2 heteroatoms. The molecule has 0 aromatic carbocycles. The predicted octanol–water partition coefficient (Wildman–Crippen LogP) is 9.13. The minimum atomic E-state index is 0.712. The van der Waals surface area contributed by atoms with Gasteiger partial charge >= 0.3 is 0 Å². The fourth-order valence-corrected chi connectivity index (χ4v) is 6.83. The molecule has 2 nitrogen and oxygen atoms in total. The Bertz CT molecular complexity index is 479. The molecule has 3 aliphatic rings. The molecule has 0 N–H and O–H groups in total. The van der Waals surface area contributed by atoms with Gasteiger partial charge < -0.3 is 0 Å². The summed E-state index contributed by atoms with van der Waals surface area (Å²) in [6.45, 7) is 6.05. The Morgan fingerprint density at radius 3 is 1.68 bits per heavy atom. The molecule has 0 aromatic heterocycles. The summed E-state index contributed by atoms with van der Waals surface area (Å²) in [4.78, 5) is 0. The fraction of sp³-hybridized carbons (Fsp3) is 0.966. The van der Waals surface area contributed by atoms with E-state index in [1.54, 1.807) is 5.71 Å². The third-order valence-corrected chi connectivity index (χ3v) is 8.71. The van der Waals surface area contributed by atoms with Gasteiger partial charge in [-0.2, -0.15) is 5.10 Å². The first-order valence-electron chi connectivity index (χ1n) is 14.7. The van der Waals surface area contributed by atoms with Crippen molar-refractivity contribution in [1.82, 2.24) is 5.01 Å². The monoisotopic (exact) mass is 430 g/mol. The van der Waals surface area contributed by atoms with E-state index in [4.69, 9.17) is 5.10 Å². The topological polar surface area (TPSA) is 15.6 Å². The van der Waals surface area contributed by atoms with Crippen LogP contribution in [-0.4, -0.2) is 23.3 Å². The summed E-state index contributed by atoms with van der Waals surface area (Å²) in [7, 11) is 0. The number of hydrogen-bond donors (Lipinski definition) is 0. The van der Waals surface area contributed by atoms with E-state index in [1.807, 2.05) is 0 Å². The quantitative estimate of drug-likeness (QED) is 0.410. The van der Waals surface area contributed by atoms with Crippen LogP contribution in [0.15, 0.2) is 5.10 Å². The highest BCUT2D eigenvalue weighted by atomic mass is 15.5. The summed E-state index contributed by atoms with van der Waals surface area (Å²) >= 11 is 0. The van der Waals surface area contributed by atoms with Gasteiger partial charge in [-0.3, -0.25) is 5.01 Å². The standard InChI is InChI=1S/C29H54N2/c1-3-17-26-23-29(25-19-13-9-5-6-10-14-20-25)30-31(24-27(26)18-4-2)28-21-15-11-7-8-12-16-22-28/h25-28H,3-24H2,1-2H3. The van der Waals surface area contributed by atoms with Gasteiger partial charge in [-0.1, -0.05) is 110 Å². The molecule has 1 aliphatic heterocycles. The third-order valence-electron chi connectivity index (χ3n) is 8.71. The summed E-state index contributed by atoms with van der Waals surface area (Å²) in [5.74, 6) is 2.50. The van der Waals surface area contributed by atoms with E-state index in [0.717, 1.165) is 17.8 Å². The average Bonchev–Trinajstić information content (AvgIpc) is 2.89. The van der Waals surface area contributed by atoms with Gasteiger partial charge in [-0.05, 0) is 56.3 Å². The van der Waals surface area contributed by atoms with Gasteiger partial charge in [0.15, 0.2) is 0 Å². The van der Waals surface area contributed by atoms with Crippen molar-refractivity contribution in [3.63, 3.8) is 0 Å². The average molecular weight is 431 g/mol. The molecule has 2 fully saturated rings. The third kappa shape index (κ3) is 8.39. The van der Waals surface area contributed by atoms with Crippen molar-refractivity contribution in [2.24, 2.45) is 22.9 Å². The maximum Gasteiger partial charge on any atom is 0.0470 e. The van der Waals surface area contributed by atoms with Crippen molar-refractivity contribution < 1.29 is 0 Å². The van der Waals surface area contributed by atoms with E-state index in [1.165, 1.54) is 141 Å². The van der Waals surface area contributed by atoms with Gasteiger partial charge in [0.05, 0.1) is 0 Å². The number of hydrazone groups is 1. The normalized spacial score (nSPS) is 29.0. The summed E-state index contributed by atoms with van der Waals surface area (Å²) in [5.41, 5.74) is 1.64. The fourth-order valence-electron chi connectivity index (χ4n) is 6.83. The smallest absolute Gasteiger partial charge is 0.0470 e. The van der Waals surface area contributed by atoms with Crippen molar-refractivity contribution >= 4 is 5.71 Å². The molecular formula is C29H54N2. The molecule has 2 unspecified atom stereocenters. The Morgan fingerprint density at radius 1 is 0.645 bits per heavy atom. The second-order valence-electron chi connectivity index (χ2n) is 11.3. The van der Waals surface area contributed by atoms with E-state index >= 15 is 0 Å². The van der Waals surface area contributed by atoms with Gasteiger partial charge in [0, 0.05) is 18.3 Å². The van der Waals surface area contributed by atoms with Gasteiger partial charge in [-0.25, -0.2) is 0 Å². The molecule has 2 saturated carbocycles. The summed E-state index contributed by atoms with van der Waals surface area (Å²) < 4.78 is 0. The molecule has 0 amide bonds. The lowest BCUT2D eigenvalue weighted by atomic mass is 9.78. The van der Waals surface area contributed by atoms with E-state index < -0.39 is 0 Å². The van der Waals surface area contributed by atoms with Gasteiger partial charge in [-0.15, -0.1) is 0 Å². The summed E-state index contributed by atoms with van der Waals surface area (Å²) in [6, 6.07) is 0.712. The molecule has 1 heterocycles. The van der Waals surface area contributed by atoms with E-state index in [0.29, 0.717) is 6.04 Å². The largest absolute Gasteiger partial charge is 0.294 e. The SMILES string of the molecule is CCCC1CC(C2CCCCCCCC2)=NN(C2CCCCCCCC2)CC1CCC. The molecule has 0 spiro atoms. The molecule has 31 heavy (non-hydrogen) atoms. The number of hydrogen-bond acceptors (Lipinski definition) is 2. The zero-order valence-corrected chi connectivity index (χ0v) is 21.3. The predicted molar refractivity (Wildman–Crippen MR) is 137 cm³/mol. The van der Waals surface area contributed by atoms with Crippen molar-refractivity contribution in [2.45, 2.75) is 155 Å². The molecule has 0 saturated heterocycles. The Hall–Kier alpha value is -0.530. The molecular weight excluding hydrogens is 376 g/mol. The van der Waals surface area contributed by atoms with Crippen molar-refractivity contribution in [3.05, 3.63) is 0 Å². The number of rotatable bonds is 6. The highest BCUT2D eigenvalue weighted by Crippen LogP contribution is 2.36. The second-order valence-corrected chi connectivity index (χ2v) is 11.3. The highest BCUT2D eigenvalue weighted by molar-refractivity contribution is 5.87. The first-order valence-corrected chi connectivity index (χ1v) is 14.7. The minimum Gasteiger partial charge on any atom is -0.294 e. The lowest BCUT2D eigenvalue weighted by Gasteiger charge is -2.33.